The van der Waals surface area contributed by atoms with Crippen LogP contribution in [-0.4, -0.2) is 34.9 Å². The zero-order chi connectivity index (χ0) is 22.4. The third-order valence-corrected chi connectivity index (χ3v) is 4.98. The molecule has 0 aliphatic carbocycles. The first kappa shape index (κ1) is 22.3. The molecule has 1 aliphatic heterocycles. The molecule has 164 valence electrons. The van der Waals surface area contributed by atoms with Gasteiger partial charge in [-0.05, 0) is 43.5 Å². The summed E-state index contributed by atoms with van der Waals surface area (Å²) < 4.78 is 5.65. The molecule has 2 aromatic carbocycles. The van der Waals surface area contributed by atoms with Crippen LogP contribution >= 0.6 is 0 Å². The lowest BCUT2D eigenvalue weighted by atomic mass is 10.00. The maximum atomic E-state index is 13.0. The first-order valence-corrected chi connectivity index (χ1v) is 10.6. The molecular formula is C24H29N3O4. The number of hydrogen-bond acceptors (Lipinski definition) is 4. The van der Waals surface area contributed by atoms with Gasteiger partial charge in [0.15, 0.2) is 12.1 Å². The first-order valence-electron chi connectivity index (χ1n) is 10.6. The Kier molecular flexibility index (Phi) is 7.28. The van der Waals surface area contributed by atoms with Crippen LogP contribution < -0.4 is 10.6 Å². The Balaban J connectivity index is 1.84. The van der Waals surface area contributed by atoms with Crippen LogP contribution in [0.3, 0.4) is 0 Å². The van der Waals surface area contributed by atoms with E-state index in [9.17, 15) is 14.4 Å². The number of nitrogens with zero attached hydrogens (tertiary/aromatic N) is 1. The second kappa shape index (κ2) is 10.1. The highest BCUT2D eigenvalue weighted by Crippen LogP contribution is 2.34. The van der Waals surface area contributed by atoms with Crippen molar-refractivity contribution in [3.63, 3.8) is 0 Å². The normalized spacial score (nSPS) is 18.1. The summed E-state index contributed by atoms with van der Waals surface area (Å²) in [6.07, 6.45) is -0.0480. The summed E-state index contributed by atoms with van der Waals surface area (Å²) in [7, 11) is 0. The third kappa shape index (κ3) is 5.63. The zero-order valence-corrected chi connectivity index (χ0v) is 18.1. The Hall–Kier alpha value is -3.35. The second-order valence-corrected chi connectivity index (χ2v) is 7.95. The summed E-state index contributed by atoms with van der Waals surface area (Å²) in [5.41, 5.74) is 2.27. The number of nitrogens with one attached hydrogen (secondary N) is 2. The highest BCUT2D eigenvalue weighted by atomic mass is 16.6. The van der Waals surface area contributed by atoms with Gasteiger partial charge in [-0.3, -0.25) is 14.5 Å². The molecule has 3 rings (SSSR count). The largest absolute Gasteiger partial charge is 0.438 e. The minimum Gasteiger partial charge on any atom is -0.438 e. The van der Waals surface area contributed by atoms with Crippen molar-refractivity contribution in [1.29, 1.82) is 0 Å². The van der Waals surface area contributed by atoms with E-state index < -0.39 is 18.2 Å². The van der Waals surface area contributed by atoms with Gasteiger partial charge in [-0.25, -0.2) is 4.79 Å². The van der Waals surface area contributed by atoms with Crippen molar-refractivity contribution < 1.29 is 19.1 Å². The molecule has 7 heteroatoms. The Bertz CT molecular complexity index is 912. The van der Waals surface area contributed by atoms with Crippen molar-refractivity contribution in [2.75, 3.05) is 5.32 Å². The van der Waals surface area contributed by atoms with Crippen LogP contribution in [0.15, 0.2) is 54.6 Å². The number of carbonyl (C=O) groups excluding carboxylic acids is 3. The van der Waals surface area contributed by atoms with Gasteiger partial charge in [0.25, 0.3) is 0 Å². The molecule has 1 saturated heterocycles. The number of cyclic esters (lactones) is 1. The maximum Gasteiger partial charge on any atom is 0.411 e. The van der Waals surface area contributed by atoms with Crippen LogP contribution in [0.25, 0.3) is 0 Å². The van der Waals surface area contributed by atoms with Crippen molar-refractivity contribution in [2.24, 2.45) is 0 Å². The number of anilines is 1. The van der Waals surface area contributed by atoms with Crippen LogP contribution in [0, 0.1) is 0 Å². The lowest BCUT2D eigenvalue weighted by molar-refractivity contribution is -0.126. The zero-order valence-electron chi connectivity index (χ0n) is 18.1. The van der Waals surface area contributed by atoms with Crippen LogP contribution in [0.1, 0.15) is 50.8 Å². The van der Waals surface area contributed by atoms with Gasteiger partial charge >= 0.3 is 6.09 Å². The smallest absolute Gasteiger partial charge is 0.411 e. The van der Waals surface area contributed by atoms with Crippen LogP contribution in [-0.2, 0) is 20.9 Å². The predicted octanol–water partition coefficient (Wildman–Crippen LogP) is 4.01. The molecule has 3 amide bonds. The number of rotatable bonds is 8. The van der Waals surface area contributed by atoms with E-state index in [2.05, 4.69) is 10.6 Å². The van der Waals surface area contributed by atoms with E-state index in [1.807, 2.05) is 51.1 Å². The average molecular weight is 424 g/mol. The number of benzene rings is 2. The molecule has 0 bridgehead atoms. The monoisotopic (exact) mass is 423 g/mol. The molecule has 2 aromatic rings. The molecule has 0 spiro atoms. The summed E-state index contributed by atoms with van der Waals surface area (Å²) in [6.45, 7) is 5.97. The van der Waals surface area contributed by atoms with Gasteiger partial charge in [0.1, 0.15) is 0 Å². The fraction of sp³-hybridized carbons (Fsp3) is 0.375. The first-order chi connectivity index (χ1) is 14.9. The topological polar surface area (TPSA) is 87.7 Å². The molecule has 0 saturated carbocycles. The van der Waals surface area contributed by atoms with Crippen molar-refractivity contribution in [3.8, 4) is 0 Å². The fourth-order valence-corrected chi connectivity index (χ4v) is 3.57. The van der Waals surface area contributed by atoms with Gasteiger partial charge in [-0.2, -0.15) is 0 Å². The number of amides is 3. The molecule has 2 atom stereocenters. The summed E-state index contributed by atoms with van der Waals surface area (Å²) in [6, 6.07) is 15.7. The van der Waals surface area contributed by atoms with E-state index in [4.69, 9.17) is 4.74 Å². The molecule has 1 heterocycles. The average Bonchev–Trinajstić information content (AvgIpc) is 3.05. The third-order valence-electron chi connectivity index (χ3n) is 4.98. The summed E-state index contributed by atoms with van der Waals surface area (Å²) in [5, 5.41) is 5.74. The Labute approximate surface area is 182 Å². The van der Waals surface area contributed by atoms with E-state index in [1.165, 1.54) is 4.90 Å². The fourth-order valence-electron chi connectivity index (χ4n) is 3.57. The van der Waals surface area contributed by atoms with E-state index in [-0.39, 0.29) is 24.4 Å². The van der Waals surface area contributed by atoms with Gasteiger partial charge < -0.3 is 15.4 Å². The number of ether oxygens (including phenoxy) is 1. The highest BCUT2D eigenvalue weighted by molar-refractivity contribution is 5.91. The van der Waals surface area contributed by atoms with Crippen molar-refractivity contribution in [3.05, 3.63) is 65.7 Å². The number of hydrogen-bond donors (Lipinski definition) is 2. The number of carbonyl (C=O) groups is 3. The summed E-state index contributed by atoms with van der Waals surface area (Å²) in [5.74, 6) is -0.312. The van der Waals surface area contributed by atoms with E-state index >= 15 is 0 Å². The molecule has 7 nitrogen and oxygen atoms in total. The van der Waals surface area contributed by atoms with E-state index in [0.717, 1.165) is 12.0 Å². The molecular weight excluding hydrogens is 394 g/mol. The maximum absolute atomic E-state index is 13.0. The van der Waals surface area contributed by atoms with Crippen LogP contribution in [0.2, 0.25) is 0 Å². The van der Waals surface area contributed by atoms with Crippen molar-refractivity contribution >= 4 is 23.6 Å². The van der Waals surface area contributed by atoms with Crippen LogP contribution in [0.4, 0.5) is 10.5 Å². The quantitative estimate of drug-likeness (QED) is 0.672. The predicted molar refractivity (Wildman–Crippen MR) is 118 cm³/mol. The molecule has 2 N–H and O–H groups in total. The van der Waals surface area contributed by atoms with Gasteiger partial charge in [0, 0.05) is 18.2 Å². The Morgan fingerprint density at radius 3 is 2.35 bits per heavy atom. The van der Waals surface area contributed by atoms with Gasteiger partial charge in [0.05, 0.1) is 6.54 Å². The Morgan fingerprint density at radius 2 is 1.74 bits per heavy atom. The van der Waals surface area contributed by atoms with Crippen LogP contribution in [0.5, 0.6) is 0 Å². The Morgan fingerprint density at radius 1 is 1.06 bits per heavy atom. The molecule has 31 heavy (non-hydrogen) atoms. The van der Waals surface area contributed by atoms with Gasteiger partial charge in [-0.15, -0.1) is 0 Å². The van der Waals surface area contributed by atoms with Crippen molar-refractivity contribution in [1.82, 2.24) is 10.2 Å². The lowest BCUT2D eigenvalue weighted by Gasteiger charge is -2.25. The summed E-state index contributed by atoms with van der Waals surface area (Å²) >= 11 is 0. The van der Waals surface area contributed by atoms with Crippen molar-refractivity contribution in [2.45, 2.75) is 58.3 Å². The minimum atomic E-state index is -0.796. The summed E-state index contributed by atoms with van der Waals surface area (Å²) in [4.78, 5) is 39.0. The highest BCUT2D eigenvalue weighted by Gasteiger charge is 2.47. The SMILES string of the molecule is CCCC(=O)Nc1ccc(C2OC(=O)N(Cc3ccccc3)C2C(=O)NC(C)C)cc1. The standard InChI is InChI=1S/C24H29N3O4/c1-4-8-20(28)26-19-13-11-18(12-14-19)22-21(23(29)25-16(2)3)27(24(30)31-22)15-17-9-6-5-7-10-17/h5-7,9-14,16,21-22H,4,8,15H2,1-3H3,(H,25,29)(H,26,28). The van der Waals surface area contributed by atoms with Gasteiger partial charge in [-0.1, -0.05) is 49.4 Å². The molecule has 2 unspecified atom stereocenters. The van der Waals surface area contributed by atoms with Gasteiger partial charge in [0.2, 0.25) is 11.8 Å². The minimum absolute atomic E-state index is 0.0502. The molecule has 1 fully saturated rings. The lowest BCUT2D eigenvalue weighted by Crippen LogP contribution is -2.48. The van der Waals surface area contributed by atoms with E-state index in [1.54, 1.807) is 24.3 Å². The molecule has 1 aliphatic rings. The molecule has 0 aromatic heterocycles. The second-order valence-electron chi connectivity index (χ2n) is 7.95. The van der Waals surface area contributed by atoms with E-state index in [0.29, 0.717) is 17.7 Å². The molecule has 0 radical (unpaired) electrons.